The van der Waals surface area contributed by atoms with Crippen LogP contribution in [0.2, 0.25) is 5.02 Å². The Morgan fingerprint density at radius 3 is 2.65 bits per heavy atom. The Balaban J connectivity index is 1.15. The van der Waals surface area contributed by atoms with Crippen molar-refractivity contribution in [3.05, 3.63) is 58.6 Å². The van der Waals surface area contributed by atoms with Gasteiger partial charge in [0.05, 0.1) is 11.3 Å². The first-order valence-electron chi connectivity index (χ1n) is 10.4. The molecule has 1 atom stereocenters. The third-order valence-electron chi connectivity index (χ3n) is 6.13. The van der Waals surface area contributed by atoms with Crippen LogP contribution in [0.5, 0.6) is 11.5 Å². The zero-order valence-corrected chi connectivity index (χ0v) is 17.7. The van der Waals surface area contributed by atoms with Gasteiger partial charge in [0.25, 0.3) is 5.91 Å². The van der Waals surface area contributed by atoms with E-state index in [1.807, 2.05) is 30.3 Å². The molecule has 0 saturated carbocycles. The summed E-state index contributed by atoms with van der Waals surface area (Å²) < 4.78 is 10.8. The van der Waals surface area contributed by atoms with Gasteiger partial charge in [-0.05, 0) is 48.2 Å². The van der Waals surface area contributed by atoms with Gasteiger partial charge >= 0.3 is 0 Å². The molecule has 2 aromatic rings. The standard InChI is InChI=1S/C23H23ClN2O5/c24-17-4-2-16(3-5-17)23(28)7-9-26(10-8-23)22(27)21-13-18(25-31-21)11-15-1-6-19-20(12-15)30-14-29-19/h1-6,12,21,28H,7-11,13-14H2. The molecule has 1 fully saturated rings. The van der Waals surface area contributed by atoms with Crippen LogP contribution in [0.25, 0.3) is 0 Å². The van der Waals surface area contributed by atoms with Gasteiger partial charge in [-0.1, -0.05) is 35.0 Å². The summed E-state index contributed by atoms with van der Waals surface area (Å²) in [5, 5.41) is 15.8. The first-order chi connectivity index (χ1) is 15.0. The Kier molecular flexibility index (Phi) is 5.24. The quantitative estimate of drug-likeness (QED) is 0.786. The minimum absolute atomic E-state index is 0.0809. The molecule has 3 aliphatic rings. The Labute approximate surface area is 185 Å². The number of halogens is 1. The van der Waals surface area contributed by atoms with Crippen molar-refractivity contribution in [2.45, 2.75) is 37.4 Å². The van der Waals surface area contributed by atoms with Gasteiger partial charge in [-0.15, -0.1) is 0 Å². The molecule has 0 spiro atoms. The third-order valence-corrected chi connectivity index (χ3v) is 6.39. The summed E-state index contributed by atoms with van der Waals surface area (Å²) >= 11 is 5.95. The monoisotopic (exact) mass is 442 g/mol. The lowest BCUT2D eigenvalue weighted by atomic mass is 9.84. The lowest BCUT2D eigenvalue weighted by Gasteiger charge is -2.39. The first kappa shape index (κ1) is 20.2. The van der Waals surface area contributed by atoms with E-state index < -0.39 is 11.7 Å². The fraction of sp³-hybridized carbons (Fsp3) is 0.391. The van der Waals surface area contributed by atoms with E-state index in [4.69, 9.17) is 25.9 Å². The normalized spacial score (nSPS) is 21.5. The molecular formula is C23H23ClN2O5. The number of fused-ring (bicyclic) bond motifs is 1. The largest absolute Gasteiger partial charge is 0.454 e. The maximum atomic E-state index is 12.9. The summed E-state index contributed by atoms with van der Waals surface area (Å²) in [7, 11) is 0. The number of aliphatic hydroxyl groups is 1. The smallest absolute Gasteiger partial charge is 0.266 e. The number of ether oxygens (including phenoxy) is 2. The Morgan fingerprint density at radius 2 is 1.87 bits per heavy atom. The minimum Gasteiger partial charge on any atom is -0.454 e. The van der Waals surface area contributed by atoms with Crippen molar-refractivity contribution in [1.82, 2.24) is 4.90 Å². The highest BCUT2D eigenvalue weighted by molar-refractivity contribution is 6.30. The van der Waals surface area contributed by atoms with Gasteiger partial charge in [-0.3, -0.25) is 4.79 Å². The van der Waals surface area contributed by atoms with E-state index in [-0.39, 0.29) is 12.7 Å². The summed E-state index contributed by atoms with van der Waals surface area (Å²) in [4.78, 5) is 20.2. The predicted octanol–water partition coefficient (Wildman–Crippen LogP) is 3.27. The molecule has 3 aliphatic heterocycles. The van der Waals surface area contributed by atoms with Gasteiger partial charge in [-0.2, -0.15) is 0 Å². The molecule has 8 heteroatoms. The van der Waals surface area contributed by atoms with Crippen molar-refractivity contribution >= 4 is 23.2 Å². The maximum Gasteiger partial charge on any atom is 0.266 e. The van der Waals surface area contributed by atoms with E-state index >= 15 is 0 Å². The van der Waals surface area contributed by atoms with E-state index in [9.17, 15) is 9.90 Å². The zero-order valence-electron chi connectivity index (χ0n) is 16.9. The van der Waals surface area contributed by atoms with Crippen LogP contribution in [-0.2, 0) is 21.7 Å². The number of oxime groups is 1. The molecule has 31 heavy (non-hydrogen) atoms. The van der Waals surface area contributed by atoms with Crippen molar-refractivity contribution in [2.24, 2.45) is 5.16 Å². The zero-order chi connectivity index (χ0) is 21.4. The van der Waals surface area contributed by atoms with Gasteiger partial charge in [0.15, 0.2) is 11.5 Å². The second-order valence-electron chi connectivity index (χ2n) is 8.18. The number of amides is 1. The SMILES string of the molecule is O=C(C1CC(Cc2ccc3c(c2)OCO3)=NO1)N1CCC(O)(c2ccc(Cl)cc2)CC1. The predicted molar refractivity (Wildman–Crippen MR) is 114 cm³/mol. The molecule has 2 aromatic carbocycles. The number of nitrogens with zero attached hydrogens (tertiary/aromatic N) is 2. The van der Waals surface area contributed by atoms with E-state index in [0.29, 0.717) is 43.8 Å². The summed E-state index contributed by atoms with van der Waals surface area (Å²) in [6, 6.07) is 13.0. The number of carbonyl (C=O) groups is 1. The molecule has 162 valence electrons. The minimum atomic E-state index is -0.946. The van der Waals surface area contributed by atoms with Crippen molar-refractivity contribution < 1.29 is 24.2 Å². The van der Waals surface area contributed by atoms with Crippen molar-refractivity contribution in [3.63, 3.8) is 0 Å². The van der Waals surface area contributed by atoms with E-state index in [1.54, 1.807) is 17.0 Å². The second-order valence-corrected chi connectivity index (χ2v) is 8.62. The molecule has 5 rings (SSSR count). The highest BCUT2D eigenvalue weighted by atomic mass is 35.5. The Hall–Kier alpha value is -2.77. The van der Waals surface area contributed by atoms with Crippen molar-refractivity contribution in [2.75, 3.05) is 19.9 Å². The Bertz CT molecular complexity index is 1020. The average molecular weight is 443 g/mol. The number of piperidine rings is 1. The molecule has 1 saturated heterocycles. The van der Waals surface area contributed by atoms with Crippen LogP contribution in [0, 0.1) is 0 Å². The van der Waals surface area contributed by atoms with E-state index in [1.165, 1.54) is 0 Å². The highest BCUT2D eigenvalue weighted by Crippen LogP contribution is 2.35. The van der Waals surface area contributed by atoms with Crippen LogP contribution in [0.15, 0.2) is 47.6 Å². The second kappa shape index (κ2) is 8.05. The molecule has 0 aliphatic carbocycles. The topological polar surface area (TPSA) is 80.6 Å². The summed E-state index contributed by atoms with van der Waals surface area (Å²) in [6.45, 7) is 1.17. The van der Waals surface area contributed by atoms with E-state index in [2.05, 4.69) is 5.16 Å². The molecule has 0 aromatic heterocycles. The van der Waals surface area contributed by atoms with Crippen LogP contribution in [-0.4, -0.2) is 47.6 Å². The van der Waals surface area contributed by atoms with Gasteiger partial charge in [0.1, 0.15) is 0 Å². The molecule has 0 bridgehead atoms. The van der Waals surface area contributed by atoms with Crippen LogP contribution in [0.1, 0.15) is 30.4 Å². The van der Waals surface area contributed by atoms with Crippen molar-refractivity contribution in [3.8, 4) is 11.5 Å². The number of hydrogen-bond acceptors (Lipinski definition) is 6. The lowest BCUT2D eigenvalue weighted by molar-refractivity contribution is -0.146. The van der Waals surface area contributed by atoms with Crippen LogP contribution >= 0.6 is 11.6 Å². The average Bonchev–Trinajstić information content (AvgIpc) is 3.43. The first-order valence-corrected chi connectivity index (χ1v) is 10.8. The molecule has 1 amide bonds. The summed E-state index contributed by atoms with van der Waals surface area (Å²) in [6.07, 6.45) is 1.39. The number of benzene rings is 2. The molecule has 7 nitrogen and oxygen atoms in total. The van der Waals surface area contributed by atoms with Gasteiger partial charge in [0, 0.05) is 31.0 Å². The fourth-order valence-corrected chi connectivity index (χ4v) is 4.43. The third kappa shape index (κ3) is 4.07. The molecule has 3 heterocycles. The number of rotatable bonds is 4. The van der Waals surface area contributed by atoms with Crippen molar-refractivity contribution in [1.29, 1.82) is 0 Å². The number of carbonyl (C=O) groups excluding carboxylic acids is 1. The molecular weight excluding hydrogens is 420 g/mol. The number of likely N-dealkylation sites (tertiary alicyclic amines) is 1. The Morgan fingerprint density at radius 1 is 1.13 bits per heavy atom. The van der Waals surface area contributed by atoms with Crippen LogP contribution in [0.3, 0.4) is 0 Å². The fourth-order valence-electron chi connectivity index (χ4n) is 4.30. The summed E-state index contributed by atoms with van der Waals surface area (Å²) in [5.74, 6) is 1.39. The number of hydrogen-bond donors (Lipinski definition) is 1. The van der Waals surface area contributed by atoms with Gasteiger partial charge in [-0.25, -0.2) is 0 Å². The lowest BCUT2D eigenvalue weighted by Crippen LogP contribution is -2.48. The molecule has 1 N–H and O–H groups in total. The highest BCUT2D eigenvalue weighted by Gasteiger charge is 2.39. The maximum absolute atomic E-state index is 12.9. The van der Waals surface area contributed by atoms with Crippen LogP contribution < -0.4 is 9.47 Å². The van der Waals surface area contributed by atoms with Gasteiger partial charge < -0.3 is 24.3 Å². The van der Waals surface area contributed by atoms with Gasteiger partial charge in [0.2, 0.25) is 12.9 Å². The molecule has 0 radical (unpaired) electrons. The van der Waals surface area contributed by atoms with Crippen LogP contribution in [0.4, 0.5) is 0 Å². The van der Waals surface area contributed by atoms with E-state index in [0.717, 1.165) is 28.3 Å². The summed E-state index contributed by atoms with van der Waals surface area (Å²) in [5.41, 5.74) is 1.74. The molecule has 1 unspecified atom stereocenters.